The van der Waals surface area contributed by atoms with Gasteiger partial charge < -0.3 is 24.5 Å². The van der Waals surface area contributed by atoms with Gasteiger partial charge in [0.05, 0.1) is 30.7 Å². The Bertz CT molecular complexity index is 1030. The van der Waals surface area contributed by atoms with E-state index in [0.29, 0.717) is 43.2 Å². The quantitative estimate of drug-likeness (QED) is 0.682. The van der Waals surface area contributed by atoms with Crippen LogP contribution in [-0.4, -0.2) is 75.1 Å². The van der Waals surface area contributed by atoms with Gasteiger partial charge in [0.15, 0.2) is 5.82 Å². The SMILES string of the molecule is O=C(N1CC(O)C1)N1CC(c2ccc(C(F)(F)F)cc2)CC(c2nc(CC3(CO)CC3)no2)C1. The number of carbonyl (C=O) groups excluding carboxylic acids is 1. The molecule has 184 valence electrons. The first-order chi connectivity index (χ1) is 16.2. The van der Waals surface area contributed by atoms with Crippen LogP contribution < -0.4 is 0 Å². The molecule has 3 heterocycles. The molecule has 2 saturated heterocycles. The van der Waals surface area contributed by atoms with Crippen LogP contribution in [0.1, 0.15) is 53.9 Å². The van der Waals surface area contributed by atoms with Crippen LogP contribution in [-0.2, 0) is 12.6 Å². The molecule has 11 heteroatoms. The zero-order valence-electron chi connectivity index (χ0n) is 18.5. The van der Waals surface area contributed by atoms with Crippen molar-refractivity contribution in [3.63, 3.8) is 0 Å². The molecule has 2 amide bonds. The Labute approximate surface area is 194 Å². The Morgan fingerprint density at radius 3 is 2.32 bits per heavy atom. The van der Waals surface area contributed by atoms with Crippen molar-refractivity contribution in [2.75, 3.05) is 32.8 Å². The van der Waals surface area contributed by atoms with Gasteiger partial charge in [0.2, 0.25) is 5.89 Å². The van der Waals surface area contributed by atoms with Crippen LogP contribution in [0.4, 0.5) is 18.0 Å². The van der Waals surface area contributed by atoms with Crippen LogP contribution in [0.5, 0.6) is 0 Å². The lowest BCUT2D eigenvalue weighted by atomic mass is 9.84. The number of nitrogens with zero attached hydrogens (tertiary/aromatic N) is 4. The first kappa shape index (κ1) is 23.1. The minimum absolute atomic E-state index is 0.0697. The minimum atomic E-state index is -4.42. The van der Waals surface area contributed by atoms with Crippen molar-refractivity contribution in [1.82, 2.24) is 19.9 Å². The fraction of sp³-hybridized carbons (Fsp3) is 0.609. The van der Waals surface area contributed by atoms with E-state index in [1.165, 1.54) is 12.1 Å². The van der Waals surface area contributed by atoms with E-state index in [2.05, 4.69) is 10.1 Å². The number of urea groups is 1. The van der Waals surface area contributed by atoms with Crippen molar-refractivity contribution in [2.24, 2.45) is 5.41 Å². The van der Waals surface area contributed by atoms with Gasteiger partial charge in [-0.05, 0) is 37.0 Å². The average molecular weight is 480 g/mol. The number of β-amino-alcohol motifs (C(OH)–C–C–N with tert-alkyl or cyclic N) is 1. The average Bonchev–Trinajstić information content (AvgIpc) is 3.42. The van der Waals surface area contributed by atoms with E-state index in [0.717, 1.165) is 25.0 Å². The van der Waals surface area contributed by atoms with E-state index in [9.17, 15) is 28.2 Å². The van der Waals surface area contributed by atoms with E-state index in [1.807, 2.05) is 0 Å². The maximum Gasteiger partial charge on any atom is 0.416 e. The second-order valence-corrected chi connectivity index (χ2v) is 9.88. The Balaban J connectivity index is 1.36. The van der Waals surface area contributed by atoms with E-state index in [-0.39, 0.29) is 43.0 Å². The Morgan fingerprint density at radius 1 is 1.09 bits per heavy atom. The molecule has 8 nitrogen and oxygen atoms in total. The summed E-state index contributed by atoms with van der Waals surface area (Å²) in [5.74, 6) is 0.421. The van der Waals surface area contributed by atoms with Gasteiger partial charge >= 0.3 is 12.2 Å². The normalized spacial score (nSPS) is 24.7. The molecule has 2 aliphatic heterocycles. The van der Waals surface area contributed by atoms with Crippen LogP contribution in [0, 0.1) is 5.41 Å². The smallest absolute Gasteiger partial charge is 0.396 e. The number of halogens is 3. The fourth-order valence-corrected chi connectivity index (χ4v) is 4.84. The molecular weight excluding hydrogens is 453 g/mol. The number of aliphatic hydroxyl groups excluding tert-OH is 2. The minimum Gasteiger partial charge on any atom is -0.396 e. The van der Waals surface area contributed by atoms with Crippen molar-refractivity contribution in [2.45, 2.75) is 49.8 Å². The Morgan fingerprint density at radius 2 is 1.74 bits per heavy atom. The molecule has 1 aliphatic carbocycles. The summed E-state index contributed by atoms with van der Waals surface area (Å²) >= 11 is 0. The standard InChI is InChI=1S/C23H27F3N4O4/c24-23(25,26)17-3-1-14(2-4-17)15-7-16(10-29(9-15)21(33)30-11-18(32)12-30)20-27-19(28-34-20)8-22(13-31)5-6-22/h1-4,15-16,18,31-32H,5-13H2. The second kappa shape index (κ2) is 8.53. The van der Waals surface area contributed by atoms with E-state index >= 15 is 0 Å². The van der Waals surface area contributed by atoms with Crippen LogP contribution in [0.3, 0.4) is 0 Å². The molecule has 2 unspecified atom stereocenters. The van der Waals surface area contributed by atoms with E-state index in [4.69, 9.17) is 4.52 Å². The predicted molar refractivity (Wildman–Crippen MR) is 113 cm³/mol. The summed E-state index contributed by atoms with van der Waals surface area (Å²) in [5.41, 5.74) is -0.182. The molecule has 2 aromatic rings. The molecule has 1 saturated carbocycles. The summed E-state index contributed by atoms with van der Waals surface area (Å²) < 4.78 is 44.6. The largest absolute Gasteiger partial charge is 0.416 e. The molecule has 2 N–H and O–H groups in total. The van der Waals surface area contributed by atoms with Crippen molar-refractivity contribution < 1.29 is 32.7 Å². The first-order valence-electron chi connectivity index (χ1n) is 11.5. The molecule has 3 fully saturated rings. The second-order valence-electron chi connectivity index (χ2n) is 9.88. The number of aliphatic hydroxyl groups is 2. The molecule has 0 bridgehead atoms. The fourth-order valence-electron chi connectivity index (χ4n) is 4.84. The van der Waals surface area contributed by atoms with Crippen LogP contribution in [0.25, 0.3) is 0 Å². The third-order valence-electron chi connectivity index (χ3n) is 7.22. The van der Waals surface area contributed by atoms with Gasteiger partial charge in [0.1, 0.15) is 0 Å². The highest BCUT2D eigenvalue weighted by Gasteiger charge is 2.44. The van der Waals surface area contributed by atoms with Crippen molar-refractivity contribution in [3.05, 3.63) is 47.1 Å². The number of benzene rings is 1. The summed E-state index contributed by atoms with van der Waals surface area (Å²) in [6, 6.07) is 4.83. The maximum atomic E-state index is 13.0. The lowest BCUT2D eigenvalue weighted by Crippen LogP contribution is -2.59. The molecule has 34 heavy (non-hydrogen) atoms. The lowest BCUT2D eigenvalue weighted by molar-refractivity contribution is -0.137. The summed E-state index contributed by atoms with van der Waals surface area (Å²) in [6.07, 6.45) is -2.05. The number of hydrogen-bond acceptors (Lipinski definition) is 6. The number of amides is 2. The number of piperidine rings is 1. The number of carbonyl (C=O) groups is 1. The van der Waals surface area contributed by atoms with Gasteiger partial charge in [-0.2, -0.15) is 18.2 Å². The van der Waals surface area contributed by atoms with E-state index < -0.39 is 17.8 Å². The monoisotopic (exact) mass is 480 g/mol. The Hall–Kier alpha value is -2.66. The van der Waals surface area contributed by atoms with Crippen LogP contribution in [0.2, 0.25) is 0 Å². The molecule has 0 radical (unpaired) electrons. The highest BCUT2D eigenvalue weighted by Crippen LogP contribution is 2.47. The van der Waals surface area contributed by atoms with Gasteiger partial charge in [0, 0.05) is 37.5 Å². The molecule has 0 spiro atoms. The van der Waals surface area contributed by atoms with Gasteiger partial charge in [-0.25, -0.2) is 4.79 Å². The van der Waals surface area contributed by atoms with Gasteiger partial charge in [-0.1, -0.05) is 17.3 Å². The van der Waals surface area contributed by atoms with Crippen molar-refractivity contribution in [1.29, 1.82) is 0 Å². The third-order valence-corrected chi connectivity index (χ3v) is 7.22. The zero-order chi connectivity index (χ0) is 24.1. The molecule has 2 atom stereocenters. The zero-order valence-corrected chi connectivity index (χ0v) is 18.5. The number of aromatic nitrogens is 2. The summed E-state index contributed by atoms with van der Waals surface area (Å²) in [5, 5.41) is 23.2. The number of likely N-dealkylation sites (tertiary alicyclic amines) is 2. The molecular formula is C23H27F3N4O4. The number of rotatable bonds is 5. The molecule has 1 aromatic carbocycles. The summed E-state index contributed by atoms with van der Waals surface area (Å²) in [4.78, 5) is 20.7. The van der Waals surface area contributed by atoms with Crippen molar-refractivity contribution in [3.8, 4) is 0 Å². The lowest BCUT2D eigenvalue weighted by Gasteiger charge is -2.43. The van der Waals surface area contributed by atoms with Crippen LogP contribution >= 0.6 is 0 Å². The van der Waals surface area contributed by atoms with Crippen molar-refractivity contribution >= 4 is 6.03 Å². The summed E-state index contributed by atoms with van der Waals surface area (Å²) in [6.45, 7) is 1.29. The van der Waals surface area contributed by atoms with Gasteiger partial charge in [0.25, 0.3) is 0 Å². The maximum absolute atomic E-state index is 13.0. The van der Waals surface area contributed by atoms with Crippen LogP contribution in [0.15, 0.2) is 28.8 Å². The highest BCUT2D eigenvalue weighted by molar-refractivity contribution is 5.75. The van der Waals surface area contributed by atoms with E-state index in [1.54, 1.807) is 9.80 Å². The predicted octanol–water partition coefficient (Wildman–Crippen LogP) is 2.77. The third kappa shape index (κ3) is 4.63. The van der Waals surface area contributed by atoms with Gasteiger partial charge in [-0.15, -0.1) is 0 Å². The molecule has 5 rings (SSSR count). The molecule has 1 aromatic heterocycles. The number of hydrogen-bond donors (Lipinski definition) is 2. The molecule has 3 aliphatic rings. The first-order valence-corrected chi connectivity index (χ1v) is 11.5. The number of alkyl halides is 3. The highest BCUT2D eigenvalue weighted by atomic mass is 19.4. The topological polar surface area (TPSA) is 103 Å². The Kier molecular flexibility index (Phi) is 5.79. The van der Waals surface area contributed by atoms with Gasteiger partial charge in [-0.3, -0.25) is 0 Å². The summed E-state index contributed by atoms with van der Waals surface area (Å²) in [7, 11) is 0.